The van der Waals surface area contributed by atoms with E-state index in [-0.39, 0.29) is 22.3 Å². The number of aliphatic carboxylic acids is 1. The van der Waals surface area contributed by atoms with Crippen LogP contribution in [0.25, 0.3) is 11.1 Å². The summed E-state index contributed by atoms with van der Waals surface area (Å²) in [5.74, 6) is 1.96. The molecule has 4 nitrogen and oxygen atoms in total. The first kappa shape index (κ1) is 18.1. The van der Waals surface area contributed by atoms with Gasteiger partial charge in [0, 0.05) is 11.5 Å². The maximum Gasteiger partial charge on any atom is 0.417 e. The summed E-state index contributed by atoms with van der Waals surface area (Å²) in [4.78, 5) is 22.5. The molecule has 0 unspecified atom stereocenters. The molecule has 2 aromatic carbocycles. The van der Waals surface area contributed by atoms with Gasteiger partial charge in [0.1, 0.15) is 0 Å². The second kappa shape index (κ2) is 7.09. The molecule has 0 spiro atoms. The number of esters is 1. The average Bonchev–Trinajstić information content (AvgIpc) is 2.58. The van der Waals surface area contributed by atoms with Crippen LogP contribution in [-0.4, -0.2) is 24.2 Å². The molecule has 128 valence electrons. The number of rotatable bonds is 2. The molecule has 0 bridgehead atoms. The topological polar surface area (TPSA) is 63.6 Å². The maximum atomic E-state index is 13.2. The van der Waals surface area contributed by atoms with Crippen LogP contribution in [0, 0.1) is 11.8 Å². The van der Waals surface area contributed by atoms with E-state index < -0.39 is 23.7 Å². The minimum Gasteiger partial charge on any atom is -0.472 e. The molecule has 0 heterocycles. The third kappa shape index (κ3) is 4.18. The van der Waals surface area contributed by atoms with Gasteiger partial charge in [-0.3, -0.25) is 0 Å². The summed E-state index contributed by atoms with van der Waals surface area (Å²) in [7, 11) is 1.09. The summed E-state index contributed by atoms with van der Waals surface area (Å²) in [6, 6.07) is 8.64. The predicted octanol–water partition coefficient (Wildman–Crippen LogP) is 3.60. The monoisotopic (exact) mass is 348 g/mol. The van der Waals surface area contributed by atoms with E-state index >= 15 is 0 Å². The zero-order valence-electron chi connectivity index (χ0n) is 12.8. The van der Waals surface area contributed by atoms with Gasteiger partial charge in [-0.25, -0.2) is 9.59 Å². The maximum absolute atomic E-state index is 13.2. The van der Waals surface area contributed by atoms with Crippen LogP contribution in [0.4, 0.5) is 13.2 Å². The van der Waals surface area contributed by atoms with Gasteiger partial charge in [-0.05, 0) is 29.3 Å². The molecule has 0 saturated carbocycles. The normalized spacial score (nSPS) is 10.6. The van der Waals surface area contributed by atoms with Gasteiger partial charge in [-0.2, -0.15) is 13.2 Å². The number of carbonyl (C=O) groups is 2. The molecule has 2 aromatic rings. The highest BCUT2D eigenvalue weighted by Crippen LogP contribution is 2.38. The van der Waals surface area contributed by atoms with Gasteiger partial charge < -0.3 is 9.84 Å². The van der Waals surface area contributed by atoms with E-state index in [1.807, 2.05) is 5.92 Å². The van der Waals surface area contributed by atoms with Crippen LogP contribution in [0.5, 0.6) is 0 Å². The lowest BCUT2D eigenvalue weighted by atomic mass is 9.93. The lowest BCUT2D eigenvalue weighted by molar-refractivity contribution is -0.137. The van der Waals surface area contributed by atoms with E-state index in [1.165, 1.54) is 36.4 Å². The third-order valence-electron chi connectivity index (χ3n) is 3.26. The number of hydrogen-bond acceptors (Lipinski definition) is 3. The summed E-state index contributed by atoms with van der Waals surface area (Å²) in [5.41, 5.74) is -1.05. The van der Waals surface area contributed by atoms with Gasteiger partial charge in [0.05, 0.1) is 18.2 Å². The lowest BCUT2D eigenvalue weighted by Crippen LogP contribution is -2.10. The Morgan fingerprint density at radius 2 is 1.76 bits per heavy atom. The van der Waals surface area contributed by atoms with Crippen LogP contribution in [0.3, 0.4) is 0 Å². The number of carboxylic acids is 1. The fourth-order valence-electron chi connectivity index (χ4n) is 2.23. The first-order valence-electron chi connectivity index (χ1n) is 6.88. The average molecular weight is 348 g/mol. The quantitative estimate of drug-likeness (QED) is 0.665. The van der Waals surface area contributed by atoms with Crippen molar-refractivity contribution in [2.45, 2.75) is 6.18 Å². The van der Waals surface area contributed by atoms with Crippen molar-refractivity contribution in [3.05, 3.63) is 59.2 Å². The Labute approximate surface area is 140 Å². The fraction of sp³-hybridized carbons (Fsp3) is 0.111. The molecule has 2 rings (SSSR count). The summed E-state index contributed by atoms with van der Waals surface area (Å²) in [5, 5.41) is 8.57. The number of methoxy groups -OCH3 is 1. The van der Waals surface area contributed by atoms with Gasteiger partial charge in [0.25, 0.3) is 0 Å². The highest BCUT2D eigenvalue weighted by Gasteiger charge is 2.34. The van der Waals surface area contributed by atoms with Gasteiger partial charge in [-0.15, -0.1) is 0 Å². The Morgan fingerprint density at radius 1 is 1.08 bits per heavy atom. The Kier molecular flexibility index (Phi) is 5.13. The number of carboxylic acid groups (broad SMARTS) is 1. The summed E-state index contributed by atoms with van der Waals surface area (Å²) >= 11 is 0. The van der Waals surface area contributed by atoms with Crippen LogP contribution in [0.1, 0.15) is 21.5 Å². The largest absolute Gasteiger partial charge is 0.472 e. The van der Waals surface area contributed by atoms with Crippen molar-refractivity contribution in [1.82, 2.24) is 0 Å². The fourth-order valence-corrected chi connectivity index (χ4v) is 2.23. The predicted molar refractivity (Wildman–Crippen MR) is 82.7 cm³/mol. The van der Waals surface area contributed by atoms with Crippen LogP contribution < -0.4 is 0 Å². The number of hydrogen-bond donors (Lipinski definition) is 1. The van der Waals surface area contributed by atoms with E-state index in [9.17, 15) is 22.8 Å². The van der Waals surface area contributed by atoms with Crippen molar-refractivity contribution < 1.29 is 32.6 Å². The number of alkyl halides is 3. The molecule has 0 aliphatic rings. The van der Waals surface area contributed by atoms with Crippen molar-refractivity contribution in [2.24, 2.45) is 0 Å². The first-order valence-corrected chi connectivity index (χ1v) is 6.88. The third-order valence-corrected chi connectivity index (χ3v) is 3.26. The zero-order chi connectivity index (χ0) is 18.6. The van der Waals surface area contributed by atoms with Crippen molar-refractivity contribution in [3.8, 4) is 23.0 Å². The molecule has 0 amide bonds. The molecule has 25 heavy (non-hydrogen) atoms. The minimum atomic E-state index is -4.61. The smallest absolute Gasteiger partial charge is 0.417 e. The highest BCUT2D eigenvalue weighted by molar-refractivity contribution is 5.98. The van der Waals surface area contributed by atoms with Crippen molar-refractivity contribution in [2.75, 3.05) is 7.11 Å². The van der Waals surface area contributed by atoms with E-state index in [1.54, 1.807) is 0 Å². The van der Waals surface area contributed by atoms with Crippen LogP contribution in [0.2, 0.25) is 0 Å². The van der Waals surface area contributed by atoms with Crippen LogP contribution in [0.15, 0.2) is 42.5 Å². The minimum absolute atomic E-state index is 0.0145. The Balaban J connectivity index is 2.69. The molecule has 0 saturated heterocycles. The summed E-state index contributed by atoms with van der Waals surface area (Å²) in [6.45, 7) is 0. The van der Waals surface area contributed by atoms with Crippen LogP contribution >= 0.6 is 0 Å². The number of benzene rings is 2. The number of halogens is 3. The standard InChI is InChI=1S/C18H11F3O4/c1-25-17(24)14-10-11(7-9-16(22)23)6-8-12(14)13-4-2-3-5-15(13)18(19,20)21/h2-6,8,10H,1H3,(H,22,23). The summed E-state index contributed by atoms with van der Waals surface area (Å²) in [6.07, 6.45) is -4.61. The van der Waals surface area contributed by atoms with E-state index in [2.05, 4.69) is 10.7 Å². The molecule has 0 radical (unpaired) electrons. The SMILES string of the molecule is COC(=O)c1cc(C#CC(=O)O)ccc1-c1ccccc1C(F)(F)F. The molecule has 7 heteroatoms. The first-order chi connectivity index (χ1) is 11.7. The zero-order valence-corrected chi connectivity index (χ0v) is 12.8. The van der Waals surface area contributed by atoms with E-state index in [0.29, 0.717) is 0 Å². The lowest BCUT2D eigenvalue weighted by Gasteiger charge is -2.15. The van der Waals surface area contributed by atoms with E-state index in [4.69, 9.17) is 5.11 Å². The molecule has 0 atom stereocenters. The summed E-state index contributed by atoms with van der Waals surface area (Å²) < 4.78 is 44.3. The van der Waals surface area contributed by atoms with Crippen molar-refractivity contribution in [1.29, 1.82) is 0 Å². The molecule has 0 fully saturated rings. The van der Waals surface area contributed by atoms with E-state index in [0.717, 1.165) is 13.2 Å². The Hall–Kier alpha value is -3.27. The molecular formula is C18H11F3O4. The highest BCUT2D eigenvalue weighted by atomic mass is 19.4. The molecule has 0 aliphatic carbocycles. The Bertz CT molecular complexity index is 889. The van der Waals surface area contributed by atoms with Gasteiger partial charge in [0.2, 0.25) is 0 Å². The second-order valence-electron chi connectivity index (χ2n) is 4.85. The van der Waals surface area contributed by atoms with Gasteiger partial charge >= 0.3 is 18.1 Å². The second-order valence-corrected chi connectivity index (χ2v) is 4.85. The van der Waals surface area contributed by atoms with Crippen LogP contribution in [-0.2, 0) is 15.7 Å². The molecule has 0 aliphatic heterocycles. The number of ether oxygens (including phenoxy) is 1. The number of carbonyl (C=O) groups excluding carboxylic acids is 1. The molecule has 1 N–H and O–H groups in total. The molecular weight excluding hydrogens is 337 g/mol. The Morgan fingerprint density at radius 3 is 2.36 bits per heavy atom. The van der Waals surface area contributed by atoms with Crippen molar-refractivity contribution >= 4 is 11.9 Å². The molecule has 0 aromatic heterocycles. The van der Waals surface area contributed by atoms with Crippen molar-refractivity contribution in [3.63, 3.8) is 0 Å². The van der Waals surface area contributed by atoms with Gasteiger partial charge in [-0.1, -0.05) is 30.2 Å². The van der Waals surface area contributed by atoms with Gasteiger partial charge in [0.15, 0.2) is 0 Å².